The Bertz CT molecular complexity index is 691. The Morgan fingerprint density at radius 3 is 2.37 bits per heavy atom. The van der Waals surface area contributed by atoms with Crippen LogP contribution in [0.1, 0.15) is 11.1 Å². The summed E-state index contributed by atoms with van der Waals surface area (Å²) in [6.07, 6.45) is 0. The normalized spacial score (nSPS) is 10.0. The van der Waals surface area contributed by atoms with Crippen LogP contribution < -0.4 is 10.5 Å². The van der Waals surface area contributed by atoms with Gasteiger partial charge in [-0.05, 0) is 30.7 Å². The van der Waals surface area contributed by atoms with E-state index in [1.807, 2.05) is 43.3 Å². The molecular formula is C15H15N3O. The van der Waals surface area contributed by atoms with Gasteiger partial charge in [0.05, 0.1) is 11.3 Å². The summed E-state index contributed by atoms with van der Waals surface area (Å²) in [6, 6.07) is 11.4. The number of hydrogen-bond acceptors (Lipinski definition) is 3. The van der Waals surface area contributed by atoms with Gasteiger partial charge in [0.1, 0.15) is 6.07 Å². The molecule has 0 amide bonds. The van der Waals surface area contributed by atoms with Crippen LogP contribution in [0.25, 0.3) is 11.3 Å². The average molecular weight is 253 g/mol. The van der Waals surface area contributed by atoms with Crippen molar-refractivity contribution in [1.29, 1.82) is 5.26 Å². The van der Waals surface area contributed by atoms with Crippen molar-refractivity contribution >= 4 is 5.69 Å². The van der Waals surface area contributed by atoms with Gasteiger partial charge in [-0.1, -0.05) is 12.1 Å². The largest absolute Gasteiger partial charge is 0.378 e. The van der Waals surface area contributed by atoms with Crippen molar-refractivity contribution < 1.29 is 0 Å². The third kappa shape index (κ3) is 2.50. The highest BCUT2D eigenvalue weighted by Gasteiger charge is 2.08. The highest BCUT2D eigenvalue weighted by Crippen LogP contribution is 2.23. The lowest BCUT2D eigenvalue weighted by Gasteiger charge is -2.13. The van der Waals surface area contributed by atoms with E-state index in [9.17, 15) is 4.79 Å². The number of H-pyrrole nitrogens is 1. The van der Waals surface area contributed by atoms with Crippen molar-refractivity contribution in [3.8, 4) is 17.3 Å². The summed E-state index contributed by atoms with van der Waals surface area (Å²) in [6.45, 7) is 1.69. The maximum Gasteiger partial charge on any atom is 0.251 e. The number of nitrogens with zero attached hydrogens (tertiary/aromatic N) is 2. The maximum absolute atomic E-state index is 11.7. The number of aromatic nitrogens is 1. The summed E-state index contributed by atoms with van der Waals surface area (Å²) in [4.78, 5) is 16.4. The Morgan fingerprint density at radius 2 is 1.84 bits per heavy atom. The van der Waals surface area contributed by atoms with Gasteiger partial charge in [0.25, 0.3) is 5.56 Å². The van der Waals surface area contributed by atoms with Crippen molar-refractivity contribution in [2.75, 3.05) is 19.0 Å². The minimum Gasteiger partial charge on any atom is -0.378 e. The van der Waals surface area contributed by atoms with E-state index in [0.29, 0.717) is 16.8 Å². The number of aromatic amines is 1. The van der Waals surface area contributed by atoms with Gasteiger partial charge in [-0.3, -0.25) is 4.79 Å². The summed E-state index contributed by atoms with van der Waals surface area (Å²) in [5.41, 5.74) is 3.34. The number of aryl methyl sites for hydroxylation is 1. The van der Waals surface area contributed by atoms with E-state index < -0.39 is 0 Å². The van der Waals surface area contributed by atoms with E-state index >= 15 is 0 Å². The summed E-state index contributed by atoms with van der Waals surface area (Å²) < 4.78 is 0. The van der Waals surface area contributed by atoms with E-state index in [2.05, 4.69) is 11.1 Å². The van der Waals surface area contributed by atoms with E-state index in [1.165, 1.54) is 0 Å². The van der Waals surface area contributed by atoms with Crippen LogP contribution in [-0.2, 0) is 0 Å². The molecular weight excluding hydrogens is 238 g/mol. The first kappa shape index (κ1) is 12.9. The second-order valence-corrected chi connectivity index (χ2v) is 4.62. The summed E-state index contributed by atoms with van der Waals surface area (Å²) in [5.74, 6) is 0. The minimum atomic E-state index is -0.161. The number of hydrogen-bond donors (Lipinski definition) is 1. The molecule has 0 saturated carbocycles. The van der Waals surface area contributed by atoms with Crippen LogP contribution in [0.2, 0.25) is 0 Å². The number of anilines is 1. The molecule has 2 aromatic rings. The number of pyridine rings is 1. The van der Waals surface area contributed by atoms with Gasteiger partial charge in [-0.25, -0.2) is 0 Å². The van der Waals surface area contributed by atoms with Crippen LogP contribution in [0.15, 0.2) is 35.1 Å². The topological polar surface area (TPSA) is 59.9 Å². The quantitative estimate of drug-likeness (QED) is 0.893. The molecule has 19 heavy (non-hydrogen) atoms. The molecule has 0 aliphatic carbocycles. The standard InChI is InChI=1S/C15H15N3O/c1-10-8-12(9-16)14(17-15(10)19)11-4-6-13(7-5-11)18(2)3/h4-8H,1-3H3,(H,17,19). The predicted molar refractivity (Wildman–Crippen MR) is 76.3 cm³/mol. The summed E-state index contributed by atoms with van der Waals surface area (Å²) in [5, 5.41) is 9.16. The lowest BCUT2D eigenvalue weighted by atomic mass is 10.0. The molecule has 0 atom stereocenters. The van der Waals surface area contributed by atoms with Crippen molar-refractivity contribution in [3.05, 3.63) is 51.8 Å². The molecule has 0 radical (unpaired) electrons. The Hall–Kier alpha value is -2.54. The first-order valence-corrected chi connectivity index (χ1v) is 5.94. The van der Waals surface area contributed by atoms with Crippen molar-refractivity contribution in [2.45, 2.75) is 6.92 Å². The Balaban J connectivity index is 2.56. The molecule has 0 saturated heterocycles. The average Bonchev–Trinajstić information content (AvgIpc) is 2.41. The second-order valence-electron chi connectivity index (χ2n) is 4.62. The molecule has 4 nitrogen and oxygen atoms in total. The van der Waals surface area contributed by atoms with Crippen molar-refractivity contribution in [3.63, 3.8) is 0 Å². The fourth-order valence-electron chi connectivity index (χ4n) is 1.88. The Kier molecular flexibility index (Phi) is 3.39. The minimum absolute atomic E-state index is 0.161. The first-order chi connectivity index (χ1) is 9.02. The van der Waals surface area contributed by atoms with Gasteiger partial charge in [0.2, 0.25) is 0 Å². The fourth-order valence-corrected chi connectivity index (χ4v) is 1.88. The van der Waals surface area contributed by atoms with Crippen LogP contribution in [0.3, 0.4) is 0 Å². The van der Waals surface area contributed by atoms with Gasteiger partial charge >= 0.3 is 0 Å². The van der Waals surface area contributed by atoms with Crippen LogP contribution in [0.4, 0.5) is 5.69 Å². The Labute approximate surface area is 111 Å². The molecule has 1 heterocycles. The molecule has 1 aromatic carbocycles. The van der Waals surface area contributed by atoms with E-state index in [0.717, 1.165) is 11.3 Å². The van der Waals surface area contributed by atoms with Gasteiger partial charge in [-0.15, -0.1) is 0 Å². The lowest BCUT2D eigenvalue weighted by Crippen LogP contribution is -2.11. The van der Waals surface area contributed by atoms with E-state index in [-0.39, 0.29) is 5.56 Å². The molecule has 0 aliphatic heterocycles. The van der Waals surface area contributed by atoms with Gasteiger partial charge in [-0.2, -0.15) is 5.26 Å². The lowest BCUT2D eigenvalue weighted by molar-refractivity contribution is 1.13. The van der Waals surface area contributed by atoms with Crippen LogP contribution >= 0.6 is 0 Å². The van der Waals surface area contributed by atoms with Crippen molar-refractivity contribution in [1.82, 2.24) is 4.98 Å². The molecule has 0 bridgehead atoms. The van der Waals surface area contributed by atoms with E-state index in [1.54, 1.807) is 13.0 Å². The van der Waals surface area contributed by atoms with Crippen molar-refractivity contribution in [2.24, 2.45) is 0 Å². The highest BCUT2D eigenvalue weighted by atomic mass is 16.1. The van der Waals surface area contributed by atoms with Gasteiger partial charge < -0.3 is 9.88 Å². The maximum atomic E-state index is 11.7. The smallest absolute Gasteiger partial charge is 0.251 e. The number of nitriles is 1. The third-order valence-electron chi connectivity index (χ3n) is 3.02. The molecule has 0 aliphatic rings. The number of rotatable bonds is 2. The molecule has 1 aromatic heterocycles. The van der Waals surface area contributed by atoms with Crippen LogP contribution in [-0.4, -0.2) is 19.1 Å². The van der Waals surface area contributed by atoms with Gasteiger partial charge in [0, 0.05) is 25.3 Å². The summed E-state index contributed by atoms with van der Waals surface area (Å²) >= 11 is 0. The van der Waals surface area contributed by atoms with E-state index in [4.69, 9.17) is 5.26 Å². The third-order valence-corrected chi connectivity index (χ3v) is 3.02. The zero-order valence-electron chi connectivity index (χ0n) is 11.2. The predicted octanol–water partition coefficient (Wildman–Crippen LogP) is 2.29. The fraction of sp³-hybridized carbons (Fsp3) is 0.200. The molecule has 2 rings (SSSR count). The second kappa shape index (κ2) is 4.99. The molecule has 0 unspecified atom stereocenters. The molecule has 4 heteroatoms. The SMILES string of the molecule is Cc1cc(C#N)c(-c2ccc(N(C)C)cc2)[nH]c1=O. The van der Waals surface area contributed by atoms with Crippen LogP contribution in [0.5, 0.6) is 0 Å². The molecule has 96 valence electrons. The monoisotopic (exact) mass is 253 g/mol. The number of benzene rings is 1. The zero-order chi connectivity index (χ0) is 14.0. The highest BCUT2D eigenvalue weighted by molar-refractivity contribution is 5.68. The molecule has 0 fully saturated rings. The molecule has 1 N–H and O–H groups in total. The zero-order valence-corrected chi connectivity index (χ0v) is 11.2. The van der Waals surface area contributed by atoms with Gasteiger partial charge in [0.15, 0.2) is 0 Å². The summed E-state index contributed by atoms with van der Waals surface area (Å²) in [7, 11) is 3.92. The van der Waals surface area contributed by atoms with Crippen LogP contribution in [0, 0.1) is 18.3 Å². The first-order valence-electron chi connectivity index (χ1n) is 5.94. The Morgan fingerprint density at radius 1 is 1.21 bits per heavy atom. The molecule has 0 spiro atoms. The number of nitrogens with one attached hydrogen (secondary N) is 1.